The van der Waals surface area contributed by atoms with Gasteiger partial charge in [0.15, 0.2) is 0 Å². The molecule has 130 valence electrons. The molecule has 8 heteroatoms. The van der Waals surface area contributed by atoms with Crippen LogP contribution < -0.4 is 4.90 Å². The van der Waals surface area contributed by atoms with Crippen molar-refractivity contribution in [3.8, 4) is 6.07 Å². The van der Waals surface area contributed by atoms with Gasteiger partial charge in [0.25, 0.3) is 0 Å². The lowest BCUT2D eigenvalue weighted by atomic mass is 10.1. The number of aromatic nitrogens is 1. The second-order valence-corrected chi connectivity index (χ2v) is 5.19. The lowest BCUT2D eigenvalue weighted by molar-refractivity contribution is -0.141. The fourth-order valence-corrected chi connectivity index (χ4v) is 2.18. The first-order valence-corrected chi connectivity index (χ1v) is 7.27. The highest BCUT2D eigenvalue weighted by Gasteiger charge is 2.32. The van der Waals surface area contributed by atoms with Crippen molar-refractivity contribution in [3.05, 3.63) is 59.2 Å². The van der Waals surface area contributed by atoms with E-state index in [2.05, 4.69) is 4.98 Å². The molecule has 1 heterocycles. The van der Waals surface area contributed by atoms with Gasteiger partial charge < -0.3 is 4.90 Å². The maximum atomic E-state index is 13.6. The molecule has 0 N–H and O–H groups in total. The summed E-state index contributed by atoms with van der Waals surface area (Å²) in [5.41, 5.74) is -0.502. The molecule has 0 radical (unpaired) electrons. The molecule has 1 aromatic carbocycles. The number of rotatable bonds is 4. The van der Waals surface area contributed by atoms with Crippen LogP contribution in [0.1, 0.15) is 30.2 Å². The Hall–Kier alpha value is -2.95. The number of halogens is 4. The molecule has 0 fully saturated rings. The number of alkyl halides is 3. The number of pyridine rings is 1. The molecule has 2 rings (SSSR count). The van der Waals surface area contributed by atoms with E-state index in [1.165, 1.54) is 17.0 Å². The van der Waals surface area contributed by atoms with E-state index >= 15 is 0 Å². The topological polar surface area (TPSA) is 57.0 Å². The smallest absolute Gasteiger partial charge is 0.308 e. The zero-order chi connectivity index (χ0) is 18.6. The molecule has 0 aliphatic carbocycles. The van der Waals surface area contributed by atoms with Crippen LogP contribution in [0.3, 0.4) is 0 Å². The standard InChI is InChI=1S/C17H13F4N3O/c1-2-16(25)24(14-6-12(8-22)5-13(18)7-14)10-11-3-4-15(23-9-11)17(19,20)21/h3-7,9H,2,10H2,1H3. The van der Waals surface area contributed by atoms with Gasteiger partial charge in [0.05, 0.1) is 18.2 Å². The lowest BCUT2D eigenvalue weighted by Crippen LogP contribution is -2.30. The minimum Gasteiger partial charge on any atom is -0.308 e. The Morgan fingerprint density at radius 1 is 1.28 bits per heavy atom. The predicted molar refractivity (Wildman–Crippen MR) is 81.8 cm³/mol. The van der Waals surface area contributed by atoms with Crippen molar-refractivity contribution >= 4 is 11.6 Å². The molecule has 0 saturated heterocycles. The van der Waals surface area contributed by atoms with E-state index in [-0.39, 0.29) is 30.1 Å². The summed E-state index contributed by atoms with van der Waals surface area (Å²) in [5.74, 6) is -1.05. The van der Waals surface area contributed by atoms with Crippen LogP contribution in [0, 0.1) is 17.1 Å². The third-order valence-corrected chi connectivity index (χ3v) is 3.38. The normalized spacial score (nSPS) is 11.0. The highest BCUT2D eigenvalue weighted by molar-refractivity contribution is 5.93. The van der Waals surface area contributed by atoms with Crippen LogP contribution in [-0.2, 0) is 17.5 Å². The SMILES string of the molecule is CCC(=O)N(Cc1ccc(C(F)(F)F)nc1)c1cc(F)cc(C#N)c1. The number of anilines is 1. The number of nitrogens with zero attached hydrogens (tertiary/aromatic N) is 3. The summed E-state index contributed by atoms with van der Waals surface area (Å²) in [7, 11) is 0. The quantitative estimate of drug-likeness (QED) is 0.781. The van der Waals surface area contributed by atoms with Gasteiger partial charge in [-0.05, 0) is 29.8 Å². The summed E-state index contributed by atoms with van der Waals surface area (Å²) in [6.07, 6.45) is -3.43. The number of benzene rings is 1. The molecule has 1 amide bonds. The number of amides is 1. The van der Waals surface area contributed by atoms with Crippen molar-refractivity contribution < 1.29 is 22.4 Å². The Morgan fingerprint density at radius 3 is 2.52 bits per heavy atom. The van der Waals surface area contributed by atoms with E-state index in [0.717, 1.165) is 24.4 Å². The fourth-order valence-electron chi connectivity index (χ4n) is 2.18. The minimum atomic E-state index is -4.55. The summed E-state index contributed by atoms with van der Waals surface area (Å²) < 4.78 is 51.3. The molecule has 0 atom stereocenters. The first kappa shape index (κ1) is 18.4. The highest BCUT2D eigenvalue weighted by atomic mass is 19.4. The van der Waals surface area contributed by atoms with Gasteiger partial charge in [0.2, 0.25) is 5.91 Å². The summed E-state index contributed by atoms with van der Waals surface area (Å²) in [5, 5.41) is 8.92. The highest BCUT2D eigenvalue weighted by Crippen LogP contribution is 2.28. The Balaban J connectivity index is 2.35. The van der Waals surface area contributed by atoms with Gasteiger partial charge in [-0.15, -0.1) is 0 Å². The molecule has 4 nitrogen and oxygen atoms in total. The van der Waals surface area contributed by atoms with Crippen LogP contribution >= 0.6 is 0 Å². The van der Waals surface area contributed by atoms with E-state index in [9.17, 15) is 22.4 Å². The molecule has 0 saturated carbocycles. The fraction of sp³-hybridized carbons (Fsp3) is 0.235. The van der Waals surface area contributed by atoms with E-state index in [1.54, 1.807) is 13.0 Å². The largest absolute Gasteiger partial charge is 0.433 e. The monoisotopic (exact) mass is 351 g/mol. The van der Waals surface area contributed by atoms with Crippen molar-refractivity contribution in [1.82, 2.24) is 4.98 Å². The third kappa shape index (κ3) is 4.53. The Morgan fingerprint density at radius 2 is 2.00 bits per heavy atom. The molecule has 0 bridgehead atoms. The van der Waals surface area contributed by atoms with E-state index in [4.69, 9.17) is 5.26 Å². The number of carbonyl (C=O) groups is 1. The van der Waals surface area contributed by atoms with E-state index < -0.39 is 17.7 Å². The van der Waals surface area contributed by atoms with Crippen LogP contribution in [0.2, 0.25) is 0 Å². The predicted octanol–water partition coefficient (Wildman–Crippen LogP) is 4.05. The number of hydrogen-bond donors (Lipinski definition) is 0. The zero-order valence-electron chi connectivity index (χ0n) is 13.1. The molecule has 25 heavy (non-hydrogen) atoms. The maximum Gasteiger partial charge on any atom is 0.433 e. The van der Waals surface area contributed by atoms with Crippen molar-refractivity contribution in [1.29, 1.82) is 5.26 Å². The Bertz CT molecular complexity index is 810. The summed E-state index contributed by atoms with van der Waals surface area (Å²) in [4.78, 5) is 16.7. The van der Waals surface area contributed by atoms with Crippen molar-refractivity contribution in [3.63, 3.8) is 0 Å². The van der Waals surface area contributed by atoms with Gasteiger partial charge in [-0.2, -0.15) is 18.4 Å². The molecular formula is C17H13F4N3O. The molecule has 0 spiro atoms. The van der Waals surface area contributed by atoms with Crippen LogP contribution in [0.4, 0.5) is 23.2 Å². The van der Waals surface area contributed by atoms with Gasteiger partial charge in [-0.25, -0.2) is 4.39 Å². The van der Waals surface area contributed by atoms with Crippen LogP contribution in [0.5, 0.6) is 0 Å². The Labute approximate surface area is 141 Å². The van der Waals surface area contributed by atoms with Crippen LogP contribution in [0.25, 0.3) is 0 Å². The van der Waals surface area contributed by atoms with Gasteiger partial charge in [0, 0.05) is 18.3 Å². The second kappa shape index (κ2) is 7.30. The Kier molecular flexibility index (Phi) is 5.37. The van der Waals surface area contributed by atoms with Gasteiger partial charge in [-0.1, -0.05) is 13.0 Å². The summed E-state index contributed by atoms with van der Waals surface area (Å²) >= 11 is 0. The summed E-state index contributed by atoms with van der Waals surface area (Å²) in [6, 6.07) is 7.27. The lowest BCUT2D eigenvalue weighted by Gasteiger charge is -2.23. The van der Waals surface area contributed by atoms with Crippen molar-refractivity contribution in [2.45, 2.75) is 26.1 Å². The second-order valence-electron chi connectivity index (χ2n) is 5.19. The first-order chi connectivity index (χ1) is 11.7. The van der Waals surface area contributed by atoms with Gasteiger partial charge in [0.1, 0.15) is 11.5 Å². The first-order valence-electron chi connectivity index (χ1n) is 7.27. The molecule has 2 aromatic rings. The van der Waals surface area contributed by atoms with Crippen LogP contribution in [0.15, 0.2) is 36.5 Å². The molecule has 1 aromatic heterocycles. The van der Waals surface area contributed by atoms with Crippen LogP contribution in [-0.4, -0.2) is 10.9 Å². The maximum absolute atomic E-state index is 13.6. The number of hydrogen-bond acceptors (Lipinski definition) is 3. The van der Waals surface area contributed by atoms with Crippen molar-refractivity contribution in [2.75, 3.05) is 4.90 Å². The molecular weight excluding hydrogens is 338 g/mol. The van der Waals surface area contributed by atoms with Crippen molar-refractivity contribution in [2.24, 2.45) is 0 Å². The average Bonchev–Trinajstić information content (AvgIpc) is 2.58. The number of nitriles is 1. The van der Waals surface area contributed by atoms with E-state index in [0.29, 0.717) is 5.56 Å². The minimum absolute atomic E-state index is 0.0365. The summed E-state index contributed by atoms with van der Waals surface area (Å²) in [6.45, 7) is 1.51. The van der Waals surface area contributed by atoms with Gasteiger partial charge in [-0.3, -0.25) is 9.78 Å². The van der Waals surface area contributed by atoms with E-state index in [1.807, 2.05) is 0 Å². The molecule has 0 aliphatic heterocycles. The molecule has 0 unspecified atom stereocenters. The zero-order valence-corrected chi connectivity index (χ0v) is 13.1. The van der Waals surface area contributed by atoms with Gasteiger partial charge >= 0.3 is 6.18 Å². The average molecular weight is 351 g/mol. The number of carbonyl (C=O) groups excluding carboxylic acids is 1. The third-order valence-electron chi connectivity index (χ3n) is 3.38. The molecule has 0 aliphatic rings.